The smallest absolute Gasteiger partial charge is 0.0173 e. The van der Waals surface area contributed by atoms with E-state index in [4.69, 9.17) is 0 Å². The number of hydrogen-bond acceptors (Lipinski definition) is 1. The van der Waals surface area contributed by atoms with E-state index in [1.165, 1.54) is 25.9 Å². The van der Waals surface area contributed by atoms with Gasteiger partial charge in [0.1, 0.15) is 0 Å². The molecule has 1 rings (SSSR count). The molecule has 0 radical (unpaired) electrons. The van der Waals surface area contributed by atoms with Crippen LogP contribution in [-0.2, 0) is 0 Å². The Morgan fingerprint density at radius 3 is 2.56 bits per heavy atom. The Morgan fingerprint density at radius 1 is 1.33 bits per heavy atom. The summed E-state index contributed by atoms with van der Waals surface area (Å²) < 4.78 is 0. The van der Waals surface area contributed by atoms with E-state index in [0.717, 1.165) is 6.42 Å². The molecule has 0 aliphatic carbocycles. The summed E-state index contributed by atoms with van der Waals surface area (Å²) >= 11 is 0. The molecule has 0 aromatic carbocycles. The standard InChI is InChI=1S/C8H15N/c1-2-3-6-9-7-4-5-8-9/h3,6H,2,4-5,7-8H2,1H3/b6-3+. The van der Waals surface area contributed by atoms with Crippen LogP contribution in [0.5, 0.6) is 0 Å². The molecular weight excluding hydrogens is 110 g/mol. The van der Waals surface area contributed by atoms with E-state index in [1.807, 2.05) is 0 Å². The van der Waals surface area contributed by atoms with Gasteiger partial charge in [0.05, 0.1) is 0 Å². The lowest BCUT2D eigenvalue weighted by molar-refractivity contribution is 0.466. The van der Waals surface area contributed by atoms with E-state index in [-0.39, 0.29) is 0 Å². The highest BCUT2D eigenvalue weighted by Gasteiger charge is 2.04. The second-order valence-corrected chi connectivity index (χ2v) is 2.54. The molecule has 9 heavy (non-hydrogen) atoms. The zero-order valence-corrected chi connectivity index (χ0v) is 6.14. The summed E-state index contributed by atoms with van der Waals surface area (Å²) in [5.74, 6) is 0. The number of allylic oxidation sites excluding steroid dienone is 1. The zero-order valence-electron chi connectivity index (χ0n) is 6.14. The van der Waals surface area contributed by atoms with Crippen molar-refractivity contribution in [1.29, 1.82) is 0 Å². The normalized spacial score (nSPS) is 19.9. The second kappa shape index (κ2) is 3.54. The summed E-state index contributed by atoms with van der Waals surface area (Å²) in [4.78, 5) is 2.39. The van der Waals surface area contributed by atoms with Gasteiger partial charge in [-0.1, -0.05) is 13.0 Å². The van der Waals surface area contributed by atoms with Crippen molar-refractivity contribution in [2.24, 2.45) is 0 Å². The van der Waals surface area contributed by atoms with Crippen LogP contribution in [0.25, 0.3) is 0 Å². The maximum Gasteiger partial charge on any atom is 0.0173 e. The van der Waals surface area contributed by atoms with Gasteiger partial charge in [0.2, 0.25) is 0 Å². The highest BCUT2D eigenvalue weighted by Crippen LogP contribution is 2.06. The van der Waals surface area contributed by atoms with Crippen molar-refractivity contribution in [3.63, 3.8) is 0 Å². The number of rotatable bonds is 2. The van der Waals surface area contributed by atoms with Gasteiger partial charge < -0.3 is 4.90 Å². The zero-order chi connectivity index (χ0) is 6.53. The summed E-state index contributed by atoms with van der Waals surface area (Å²) in [6.07, 6.45) is 8.39. The van der Waals surface area contributed by atoms with Gasteiger partial charge >= 0.3 is 0 Å². The molecule has 1 aliphatic rings. The van der Waals surface area contributed by atoms with Crippen molar-refractivity contribution >= 4 is 0 Å². The first kappa shape index (κ1) is 6.66. The summed E-state index contributed by atoms with van der Waals surface area (Å²) in [5.41, 5.74) is 0. The third-order valence-corrected chi connectivity index (χ3v) is 1.69. The van der Waals surface area contributed by atoms with Crippen LogP contribution in [0.3, 0.4) is 0 Å². The summed E-state index contributed by atoms with van der Waals surface area (Å²) in [7, 11) is 0. The predicted molar refractivity (Wildman–Crippen MR) is 40.2 cm³/mol. The molecule has 1 heterocycles. The Balaban J connectivity index is 2.18. The van der Waals surface area contributed by atoms with Gasteiger partial charge in [-0.05, 0) is 25.5 Å². The van der Waals surface area contributed by atoms with E-state index in [0.29, 0.717) is 0 Å². The average Bonchev–Trinajstić information content (AvgIpc) is 2.34. The third kappa shape index (κ3) is 2.08. The first-order valence-electron chi connectivity index (χ1n) is 3.84. The number of nitrogens with zero attached hydrogens (tertiary/aromatic N) is 1. The molecular formula is C8H15N. The molecule has 0 atom stereocenters. The topological polar surface area (TPSA) is 3.24 Å². The van der Waals surface area contributed by atoms with E-state index in [1.54, 1.807) is 0 Å². The minimum Gasteiger partial charge on any atom is -0.378 e. The van der Waals surface area contributed by atoms with Crippen LogP contribution in [0.15, 0.2) is 12.3 Å². The molecule has 0 saturated carbocycles. The van der Waals surface area contributed by atoms with E-state index in [2.05, 4.69) is 24.1 Å². The van der Waals surface area contributed by atoms with Gasteiger partial charge in [0.25, 0.3) is 0 Å². The SMILES string of the molecule is CC/C=C/N1CCCC1. The maximum absolute atomic E-state index is 2.39. The van der Waals surface area contributed by atoms with Crippen molar-refractivity contribution in [2.75, 3.05) is 13.1 Å². The third-order valence-electron chi connectivity index (χ3n) is 1.69. The Kier molecular flexibility index (Phi) is 2.62. The van der Waals surface area contributed by atoms with Crippen molar-refractivity contribution in [3.8, 4) is 0 Å². The van der Waals surface area contributed by atoms with Gasteiger partial charge in [-0.15, -0.1) is 0 Å². The molecule has 0 spiro atoms. The fourth-order valence-corrected chi connectivity index (χ4v) is 1.15. The Morgan fingerprint density at radius 2 is 2.00 bits per heavy atom. The largest absolute Gasteiger partial charge is 0.378 e. The quantitative estimate of drug-likeness (QED) is 0.545. The molecule has 52 valence electrons. The minimum absolute atomic E-state index is 1.16. The second-order valence-electron chi connectivity index (χ2n) is 2.54. The van der Waals surface area contributed by atoms with Gasteiger partial charge in [-0.25, -0.2) is 0 Å². The van der Waals surface area contributed by atoms with Crippen molar-refractivity contribution in [2.45, 2.75) is 26.2 Å². The van der Waals surface area contributed by atoms with Crippen LogP contribution >= 0.6 is 0 Å². The molecule has 0 unspecified atom stereocenters. The van der Waals surface area contributed by atoms with Crippen LogP contribution in [0.1, 0.15) is 26.2 Å². The molecule has 0 amide bonds. The van der Waals surface area contributed by atoms with E-state index < -0.39 is 0 Å². The van der Waals surface area contributed by atoms with Crippen LogP contribution in [0.2, 0.25) is 0 Å². The van der Waals surface area contributed by atoms with Gasteiger partial charge in [-0.3, -0.25) is 0 Å². The lowest BCUT2D eigenvalue weighted by Crippen LogP contribution is -2.09. The van der Waals surface area contributed by atoms with Crippen molar-refractivity contribution < 1.29 is 0 Å². The summed E-state index contributed by atoms with van der Waals surface area (Å²) in [6, 6.07) is 0. The van der Waals surface area contributed by atoms with Crippen molar-refractivity contribution in [3.05, 3.63) is 12.3 Å². The molecule has 1 nitrogen and oxygen atoms in total. The molecule has 0 bridgehead atoms. The molecule has 1 saturated heterocycles. The fourth-order valence-electron chi connectivity index (χ4n) is 1.15. The lowest BCUT2D eigenvalue weighted by Gasteiger charge is -2.09. The van der Waals surface area contributed by atoms with Crippen LogP contribution < -0.4 is 0 Å². The summed E-state index contributed by atoms with van der Waals surface area (Å²) in [5, 5.41) is 0. The van der Waals surface area contributed by atoms with Crippen LogP contribution in [0.4, 0.5) is 0 Å². The minimum atomic E-state index is 1.16. The predicted octanol–water partition coefficient (Wildman–Crippen LogP) is 2.01. The van der Waals surface area contributed by atoms with Crippen molar-refractivity contribution in [1.82, 2.24) is 4.90 Å². The highest BCUT2D eigenvalue weighted by atomic mass is 15.1. The monoisotopic (exact) mass is 125 g/mol. The Labute approximate surface area is 57.4 Å². The molecule has 1 heteroatoms. The maximum atomic E-state index is 2.39. The number of hydrogen-bond donors (Lipinski definition) is 0. The van der Waals surface area contributed by atoms with E-state index >= 15 is 0 Å². The lowest BCUT2D eigenvalue weighted by atomic mass is 10.4. The molecule has 0 aromatic rings. The van der Waals surface area contributed by atoms with E-state index in [9.17, 15) is 0 Å². The Bertz CT molecular complexity index is 90.7. The molecule has 1 fully saturated rings. The fraction of sp³-hybridized carbons (Fsp3) is 0.750. The highest BCUT2D eigenvalue weighted by molar-refractivity contribution is 4.83. The van der Waals surface area contributed by atoms with Crippen LogP contribution in [0, 0.1) is 0 Å². The Hall–Kier alpha value is -0.460. The first-order chi connectivity index (χ1) is 4.43. The van der Waals surface area contributed by atoms with Crippen LogP contribution in [-0.4, -0.2) is 18.0 Å². The first-order valence-corrected chi connectivity index (χ1v) is 3.84. The van der Waals surface area contributed by atoms with Gasteiger partial charge in [-0.2, -0.15) is 0 Å². The summed E-state index contributed by atoms with van der Waals surface area (Å²) in [6.45, 7) is 4.72. The molecule has 1 aliphatic heterocycles. The van der Waals surface area contributed by atoms with Gasteiger partial charge in [0, 0.05) is 13.1 Å². The molecule has 0 aromatic heterocycles. The molecule has 0 N–H and O–H groups in total. The number of likely N-dealkylation sites (tertiary alicyclic amines) is 1. The van der Waals surface area contributed by atoms with Gasteiger partial charge in [0.15, 0.2) is 0 Å². The average molecular weight is 125 g/mol.